The number of rotatable bonds is 5. The summed E-state index contributed by atoms with van der Waals surface area (Å²) in [5, 5.41) is 5.55. The van der Waals surface area contributed by atoms with E-state index in [1.165, 1.54) is 7.11 Å². The number of amides is 2. The molecule has 0 radical (unpaired) electrons. The van der Waals surface area contributed by atoms with Gasteiger partial charge in [-0.2, -0.15) is 0 Å². The molecule has 0 fully saturated rings. The highest BCUT2D eigenvalue weighted by Crippen LogP contribution is 2.23. The number of methoxy groups -OCH3 is 1. The highest BCUT2D eigenvalue weighted by atomic mass is 16.5. The summed E-state index contributed by atoms with van der Waals surface area (Å²) >= 11 is 0. The molecule has 2 amide bonds. The molecule has 126 valence electrons. The fraction of sp³-hybridized carbons (Fsp3) is 0.529. The summed E-state index contributed by atoms with van der Waals surface area (Å²) in [7, 11) is 1.28. The predicted octanol–water partition coefficient (Wildman–Crippen LogP) is 1.88. The van der Waals surface area contributed by atoms with Gasteiger partial charge in [-0.05, 0) is 30.4 Å². The summed E-state index contributed by atoms with van der Waals surface area (Å²) in [5.41, 5.74) is 1.07. The minimum atomic E-state index is -0.611. The zero-order valence-corrected chi connectivity index (χ0v) is 13.8. The maximum absolute atomic E-state index is 12.5. The molecule has 6 nitrogen and oxygen atoms in total. The van der Waals surface area contributed by atoms with Crippen molar-refractivity contribution in [1.82, 2.24) is 10.6 Å². The van der Waals surface area contributed by atoms with Crippen molar-refractivity contribution < 1.29 is 19.1 Å². The molecule has 2 atom stereocenters. The first kappa shape index (κ1) is 17.1. The summed E-state index contributed by atoms with van der Waals surface area (Å²) in [5.74, 6) is 0.924. The van der Waals surface area contributed by atoms with E-state index in [4.69, 9.17) is 4.74 Å². The van der Waals surface area contributed by atoms with E-state index in [1.54, 1.807) is 0 Å². The molecular formula is C17H24N2O4. The van der Waals surface area contributed by atoms with Gasteiger partial charge in [-0.1, -0.05) is 32.0 Å². The lowest BCUT2D eigenvalue weighted by atomic mass is 10.0. The number of hydrogen-bond acceptors (Lipinski definition) is 4. The minimum Gasteiger partial charge on any atom is -0.491 e. The van der Waals surface area contributed by atoms with E-state index in [0.717, 1.165) is 11.3 Å². The van der Waals surface area contributed by atoms with Gasteiger partial charge >= 0.3 is 6.09 Å². The number of fused-ring (bicyclic) bond motifs is 1. The Hall–Kier alpha value is -2.24. The van der Waals surface area contributed by atoms with Crippen LogP contribution in [-0.4, -0.2) is 37.8 Å². The van der Waals surface area contributed by atoms with E-state index in [0.29, 0.717) is 19.4 Å². The second kappa shape index (κ2) is 7.85. The summed E-state index contributed by atoms with van der Waals surface area (Å²) < 4.78 is 10.3. The second-order valence-electron chi connectivity index (χ2n) is 6.15. The van der Waals surface area contributed by atoms with E-state index < -0.39 is 12.1 Å². The highest BCUT2D eigenvalue weighted by molar-refractivity contribution is 5.85. The third-order valence-electron chi connectivity index (χ3n) is 3.73. The van der Waals surface area contributed by atoms with Crippen LogP contribution in [0.1, 0.15) is 25.8 Å². The van der Waals surface area contributed by atoms with Crippen LogP contribution in [0, 0.1) is 5.92 Å². The Morgan fingerprint density at radius 3 is 2.78 bits per heavy atom. The lowest BCUT2D eigenvalue weighted by Gasteiger charge is -2.28. The van der Waals surface area contributed by atoms with E-state index in [1.807, 2.05) is 38.1 Å². The zero-order valence-electron chi connectivity index (χ0n) is 13.8. The fourth-order valence-electron chi connectivity index (χ4n) is 2.63. The van der Waals surface area contributed by atoms with Crippen molar-refractivity contribution in [2.75, 3.05) is 13.7 Å². The average Bonchev–Trinajstić information content (AvgIpc) is 2.53. The van der Waals surface area contributed by atoms with Crippen LogP contribution in [0.2, 0.25) is 0 Å². The molecule has 0 unspecified atom stereocenters. The Morgan fingerprint density at radius 2 is 2.09 bits per heavy atom. The molecule has 0 bridgehead atoms. The molecule has 1 aromatic carbocycles. The second-order valence-corrected chi connectivity index (χ2v) is 6.15. The lowest BCUT2D eigenvalue weighted by molar-refractivity contribution is -0.124. The summed E-state index contributed by atoms with van der Waals surface area (Å²) in [6.07, 6.45) is 0.663. The monoisotopic (exact) mass is 320 g/mol. The van der Waals surface area contributed by atoms with Crippen molar-refractivity contribution in [3.05, 3.63) is 29.8 Å². The van der Waals surface area contributed by atoms with Gasteiger partial charge < -0.3 is 20.1 Å². The Balaban J connectivity index is 1.97. The van der Waals surface area contributed by atoms with E-state index in [-0.39, 0.29) is 17.9 Å². The molecule has 2 N–H and O–H groups in total. The van der Waals surface area contributed by atoms with Crippen LogP contribution in [0.5, 0.6) is 5.75 Å². The van der Waals surface area contributed by atoms with Crippen molar-refractivity contribution >= 4 is 12.0 Å². The molecule has 1 aliphatic heterocycles. The van der Waals surface area contributed by atoms with Crippen LogP contribution in [0.4, 0.5) is 4.79 Å². The number of alkyl carbamates (subject to hydrolysis) is 1. The maximum Gasteiger partial charge on any atom is 0.407 e. The van der Waals surface area contributed by atoms with E-state index >= 15 is 0 Å². The Labute approximate surface area is 136 Å². The van der Waals surface area contributed by atoms with Crippen molar-refractivity contribution in [3.8, 4) is 5.75 Å². The number of para-hydroxylation sites is 1. The van der Waals surface area contributed by atoms with Crippen molar-refractivity contribution in [1.29, 1.82) is 0 Å². The molecule has 0 spiro atoms. The summed E-state index contributed by atoms with van der Waals surface area (Å²) in [6.45, 7) is 4.42. The summed E-state index contributed by atoms with van der Waals surface area (Å²) in [6, 6.07) is 7.08. The van der Waals surface area contributed by atoms with Gasteiger partial charge in [0.1, 0.15) is 18.4 Å². The molecule has 2 rings (SSSR count). The first-order valence-electron chi connectivity index (χ1n) is 7.85. The molecule has 0 saturated carbocycles. The summed E-state index contributed by atoms with van der Waals surface area (Å²) in [4.78, 5) is 23.9. The number of ether oxygens (including phenoxy) is 2. The topological polar surface area (TPSA) is 76.7 Å². The van der Waals surface area contributed by atoms with Gasteiger partial charge in [0, 0.05) is 0 Å². The van der Waals surface area contributed by atoms with Gasteiger partial charge in [0.2, 0.25) is 5.91 Å². The molecule has 23 heavy (non-hydrogen) atoms. The normalized spacial score (nSPS) is 17.7. The molecule has 0 saturated heterocycles. The Kier molecular flexibility index (Phi) is 5.84. The van der Waals surface area contributed by atoms with Crippen LogP contribution < -0.4 is 15.4 Å². The number of carbonyl (C=O) groups is 2. The Bertz CT molecular complexity index is 559. The first-order chi connectivity index (χ1) is 11.0. The molecule has 1 heterocycles. The van der Waals surface area contributed by atoms with Crippen LogP contribution >= 0.6 is 0 Å². The average molecular weight is 320 g/mol. The van der Waals surface area contributed by atoms with Crippen molar-refractivity contribution in [2.45, 2.75) is 38.8 Å². The van der Waals surface area contributed by atoms with Crippen LogP contribution in [0.15, 0.2) is 24.3 Å². The molecule has 0 aromatic heterocycles. The number of nitrogens with one attached hydrogen (secondary N) is 2. The van der Waals surface area contributed by atoms with Gasteiger partial charge in [-0.3, -0.25) is 4.79 Å². The van der Waals surface area contributed by atoms with Gasteiger partial charge in [0.25, 0.3) is 0 Å². The molecule has 6 heteroatoms. The molecular weight excluding hydrogens is 296 g/mol. The highest BCUT2D eigenvalue weighted by Gasteiger charge is 2.27. The molecule has 1 aliphatic rings. The third kappa shape index (κ3) is 4.87. The smallest absolute Gasteiger partial charge is 0.407 e. The third-order valence-corrected chi connectivity index (χ3v) is 3.73. The van der Waals surface area contributed by atoms with E-state index in [2.05, 4.69) is 15.4 Å². The number of hydrogen-bond donors (Lipinski definition) is 2. The van der Waals surface area contributed by atoms with Crippen LogP contribution in [-0.2, 0) is 16.0 Å². The SMILES string of the molecule is COC(=O)N[C@H](CC(C)C)C(=O)N[C@H]1COc2ccccc2C1. The van der Waals surface area contributed by atoms with Crippen LogP contribution in [0.25, 0.3) is 0 Å². The van der Waals surface area contributed by atoms with Crippen molar-refractivity contribution in [2.24, 2.45) is 5.92 Å². The van der Waals surface area contributed by atoms with Gasteiger partial charge in [0.05, 0.1) is 13.2 Å². The fourth-order valence-corrected chi connectivity index (χ4v) is 2.63. The van der Waals surface area contributed by atoms with Gasteiger partial charge in [-0.15, -0.1) is 0 Å². The lowest BCUT2D eigenvalue weighted by Crippen LogP contribution is -2.52. The molecule has 1 aromatic rings. The van der Waals surface area contributed by atoms with Gasteiger partial charge in [0.15, 0.2) is 0 Å². The van der Waals surface area contributed by atoms with E-state index in [9.17, 15) is 9.59 Å². The standard InChI is InChI=1S/C17H24N2O4/c1-11(2)8-14(19-17(21)22-3)16(20)18-13-9-12-6-4-5-7-15(12)23-10-13/h4-7,11,13-14H,8-10H2,1-3H3,(H,18,20)(H,19,21)/t13-,14-/m1/s1. The predicted molar refractivity (Wildman–Crippen MR) is 86.4 cm³/mol. The van der Waals surface area contributed by atoms with Gasteiger partial charge in [-0.25, -0.2) is 4.79 Å². The quantitative estimate of drug-likeness (QED) is 0.868. The number of carbonyl (C=O) groups excluding carboxylic acids is 2. The minimum absolute atomic E-state index is 0.105. The van der Waals surface area contributed by atoms with Crippen molar-refractivity contribution in [3.63, 3.8) is 0 Å². The Morgan fingerprint density at radius 1 is 1.35 bits per heavy atom. The largest absolute Gasteiger partial charge is 0.491 e. The maximum atomic E-state index is 12.5. The first-order valence-corrected chi connectivity index (χ1v) is 7.85. The number of benzene rings is 1. The molecule has 0 aliphatic carbocycles. The van der Waals surface area contributed by atoms with Crippen LogP contribution in [0.3, 0.4) is 0 Å². The zero-order chi connectivity index (χ0) is 16.8.